The van der Waals surface area contributed by atoms with Crippen molar-refractivity contribution in [2.24, 2.45) is 0 Å². The number of rotatable bonds is 10. The van der Waals surface area contributed by atoms with Crippen LogP contribution in [0.2, 0.25) is 0 Å². The zero-order valence-corrected chi connectivity index (χ0v) is 15.3. The molecule has 1 unspecified atom stereocenters. The van der Waals surface area contributed by atoms with Gasteiger partial charge in [0.1, 0.15) is 0 Å². The van der Waals surface area contributed by atoms with Crippen LogP contribution in [0.3, 0.4) is 0 Å². The summed E-state index contributed by atoms with van der Waals surface area (Å²) in [5.41, 5.74) is 0. The Labute approximate surface area is 136 Å². The molecule has 1 atom stereocenters. The van der Waals surface area contributed by atoms with E-state index in [-0.39, 0.29) is 13.0 Å². The van der Waals surface area contributed by atoms with Crippen molar-refractivity contribution in [3.8, 4) is 0 Å². The van der Waals surface area contributed by atoms with E-state index in [0.717, 1.165) is 0 Å². The van der Waals surface area contributed by atoms with E-state index in [1.54, 1.807) is 0 Å². The average Bonchev–Trinajstić information content (AvgIpc) is 2.25. The second-order valence-corrected chi connectivity index (χ2v) is 8.81. The zero-order chi connectivity index (χ0) is 14.9. The van der Waals surface area contributed by atoms with Gasteiger partial charge in [-0.15, -0.1) is 11.6 Å². The van der Waals surface area contributed by atoms with Gasteiger partial charge in [0.15, 0.2) is 3.79 Å². The number of hydrogen-bond donors (Lipinski definition) is 0. The number of hydrogen-bond acceptors (Lipinski definition) is 4. The topological polar surface area (TPSA) is 36.9 Å². The first-order valence-corrected chi connectivity index (χ1v) is 9.25. The van der Waals surface area contributed by atoms with Crippen LogP contribution in [0.25, 0.3) is 0 Å². The maximum atomic E-state index is 6.05. The Hall–Kier alpha value is 1.22. The van der Waals surface area contributed by atoms with Crippen molar-refractivity contribution in [1.82, 2.24) is 0 Å². The first-order valence-electron chi connectivity index (χ1n) is 6.05. The summed E-state index contributed by atoms with van der Waals surface area (Å²) >= 11 is 23.1. The SMILES string of the molecule is CCO[Si](OCC)(OCC)OCC(Cl)CC(Cl)(Cl)Cl. The molecule has 0 bridgehead atoms. The highest BCUT2D eigenvalue weighted by molar-refractivity contribution is 6.67. The van der Waals surface area contributed by atoms with Crippen molar-refractivity contribution in [2.75, 3.05) is 26.4 Å². The van der Waals surface area contributed by atoms with Crippen LogP contribution in [0.4, 0.5) is 0 Å². The third-order valence-electron chi connectivity index (χ3n) is 1.86. The molecule has 116 valence electrons. The zero-order valence-electron chi connectivity index (χ0n) is 11.3. The van der Waals surface area contributed by atoms with Crippen molar-refractivity contribution in [3.63, 3.8) is 0 Å². The molecule has 0 aromatic heterocycles. The summed E-state index contributed by atoms with van der Waals surface area (Å²) in [6.07, 6.45) is 0.161. The lowest BCUT2D eigenvalue weighted by Crippen LogP contribution is -2.50. The predicted molar refractivity (Wildman–Crippen MR) is 81.1 cm³/mol. The van der Waals surface area contributed by atoms with Gasteiger partial charge in [0.25, 0.3) is 0 Å². The summed E-state index contributed by atoms with van der Waals surface area (Å²) in [7, 11) is -3.15. The van der Waals surface area contributed by atoms with E-state index in [9.17, 15) is 0 Å². The summed E-state index contributed by atoms with van der Waals surface area (Å²) in [5, 5.41) is -0.472. The van der Waals surface area contributed by atoms with E-state index >= 15 is 0 Å². The summed E-state index contributed by atoms with van der Waals surface area (Å²) < 4.78 is 20.7. The van der Waals surface area contributed by atoms with E-state index in [0.29, 0.717) is 19.8 Å². The second kappa shape index (κ2) is 10.0. The fourth-order valence-corrected chi connectivity index (χ4v) is 4.44. The van der Waals surface area contributed by atoms with E-state index in [1.165, 1.54) is 0 Å². The van der Waals surface area contributed by atoms with E-state index in [1.807, 2.05) is 20.8 Å². The number of halogens is 4. The van der Waals surface area contributed by atoms with Crippen LogP contribution in [-0.2, 0) is 17.7 Å². The molecule has 0 aliphatic rings. The average molecular weight is 374 g/mol. The van der Waals surface area contributed by atoms with Gasteiger partial charge in [0.05, 0.1) is 12.0 Å². The Bertz CT molecular complexity index is 223. The lowest BCUT2D eigenvalue weighted by molar-refractivity contribution is -0.0275. The molecule has 0 aliphatic carbocycles. The van der Waals surface area contributed by atoms with Gasteiger partial charge in [-0.05, 0) is 20.8 Å². The van der Waals surface area contributed by atoms with Gasteiger partial charge >= 0.3 is 9.05 Å². The number of alkyl halides is 4. The molecule has 4 nitrogen and oxygen atoms in total. The lowest BCUT2D eigenvalue weighted by atomic mass is 10.3. The molecule has 0 radical (unpaired) electrons. The Morgan fingerprint density at radius 1 is 0.895 bits per heavy atom. The first-order chi connectivity index (χ1) is 8.78. The summed E-state index contributed by atoms with van der Waals surface area (Å²) in [4.78, 5) is 0. The summed E-state index contributed by atoms with van der Waals surface area (Å²) in [5.74, 6) is 0. The van der Waals surface area contributed by atoms with Gasteiger partial charge in [-0.2, -0.15) is 0 Å². The molecular formula is C10H20Cl4O4Si. The van der Waals surface area contributed by atoms with Gasteiger partial charge in [-0.1, -0.05) is 34.8 Å². The Kier molecular flexibility index (Phi) is 10.7. The maximum absolute atomic E-state index is 6.05. The first kappa shape index (κ1) is 20.2. The highest BCUT2D eigenvalue weighted by Gasteiger charge is 2.45. The molecule has 0 aromatic rings. The molecule has 0 heterocycles. The molecule has 0 N–H and O–H groups in total. The van der Waals surface area contributed by atoms with Gasteiger partial charge in [0, 0.05) is 26.2 Å². The van der Waals surface area contributed by atoms with Crippen LogP contribution in [0, 0.1) is 0 Å². The van der Waals surface area contributed by atoms with Crippen molar-refractivity contribution >= 4 is 55.5 Å². The van der Waals surface area contributed by atoms with Crippen LogP contribution in [0.15, 0.2) is 0 Å². The molecule has 9 heteroatoms. The molecule has 19 heavy (non-hydrogen) atoms. The smallest absolute Gasteiger partial charge is 0.351 e. The third-order valence-corrected chi connectivity index (χ3v) is 5.05. The van der Waals surface area contributed by atoms with Gasteiger partial charge in [-0.25, -0.2) is 0 Å². The second-order valence-electron chi connectivity index (χ2n) is 3.53. The van der Waals surface area contributed by atoms with Crippen LogP contribution in [0.1, 0.15) is 27.2 Å². The summed E-state index contributed by atoms with van der Waals surface area (Å²) in [6, 6.07) is 0. The van der Waals surface area contributed by atoms with Crippen LogP contribution in [-0.4, -0.2) is 44.6 Å². The van der Waals surface area contributed by atoms with Crippen LogP contribution >= 0.6 is 46.4 Å². The molecule has 0 amide bonds. The Morgan fingerprint density at radius 3 is 1.63 bits per heavy atom. The normalized spacial score (nSPS) is 14.7. The quantitative estimate of drug-likeness (QED) is 0.429. The van der Waals surface area contributed by atoms with Crippen molar-refractivity contribution < 1.29 is 17.7 Å². The minimum atomic E-state index is -3.15. The van der Waals surface area contributed by atoms with Gasteiger partial charge in [-0.3, -0.25) is 0 Å². The van der Waals surface area contributed by atoms with Crippen molar-refractivity contribution in [2.45, 2.75) is 36.4 Å². The Morgan fingerprint density at radius 2 is 1.32 bits per heavy atom. The van der Waals surface area contributed by atoms with Crippen LogP contribution in [0.5, 0.6) is 0 Å². The minimum Gasteiger partial charge on any atom is -0.351 e. The minimum absolute atomic E-state index is 0.127. The molecular weight excluding hydrogens is 354 g/mol. The van der Waals surface area contributed by atoms with E-state index in [2.05, 4.69) is 0 Å². The molecule has 0 saturated carbocycles. The van der Waals surface area contributed by atoms with E-state index in [4.69, 9.17) is 64.1 Å². The fourth-order valence-electron chi connectivity index (χ4n) is 1.28. The van der Waals surface area contributed by atoms with Gasteiger partial charge in [0.2, 0.25) is 0 Å². The highest BCUT2D eigenvalue weighted by atomic mass is 35.6. The fraction of sp³-hybridized carbons (Fsp3) is 1.00. The lowest BCUT2D eigenvalue weighted by Gasteiger charge is -2.28. The molecule has 0 aliphatic heterocycles. The molecule has 0 fully saturated rings. The maximum Gasteiger partial charge on any atom is 0.679 e. The highest BCUT2D eigenvalue weighted by Crippen LogP contribution is 2.33. The molecule has 0 aromatic carbocycles. The van der Waals surface area contributed by atoms with E-state index < -0.39 is 18.2 Å². The largest absolute Gasteiger partial charge is 0.679 e. The predicted octanol–water partition coefficient (Wildman–Crippen LogP) is 3.92. The molecule has 0 rings (SSSR count). The third kappa shape index (κ3) is 9.71. The van der Waals surface area contributed by atoms with Crippen molar-refractivity contribution in [3.05, 3.63) is 0 Å². The van der Waals surface area contributed by atoms with Gasteiger partial charge < -0.3 is 17.7 Å². The molecule has 0 spiro atoms. The Balaban J connectivity index is 4.45. The molecule has 0 saturated heterocycles. The monoisotopic (exact) mass is 372 g/mol. The summed E-state index contributed by atoms with van der Waals surface area (Å²) in [6.45, 7) is 6.90. The standard InChI is InChI=1S/C10H20Cl4O4Si/c1-4-15-19(16-5-2,17-6-3)18-8-9(11)7-10(12,13)14/h9H,4-8H2,1-3H3. The van der Waals surface area contributed by atoms with Crippen LogP contribution < -0.4 is 0 Å². The van der Waals surface area contributed by atoms with Crippen molar-refractivity contribution in [1.29, 1.82) is 0 Å².